The molecule has 0 aliphatic carbocycles. The molecule has 3 rings (SSSR count). The van der Waals surface area contributed by atoms with Crippen LogP contribution in [0.4, 0.5) is 0 Å². The molecule has 0 radical (unpaired) electrons. The van der Waals surface area contributed by atoms with Crippen LogP contribution >= 0.6 is 11.3 Å². The van der Waals surface area contributed by atoms with Gasteiger partial charge in [0.05, 0.1) is 17.8 Å². The molecule has 5 heteroatoms. The van der Waals surface area contributed by atoms with Gasteiger partial charge in [0.25, 0.3) is 5.91 Å². The molecule has 4 nitrogen and oxygen atoms in total. The van der Waals surface area contributed by atoms with Crippen LogP contribution in [0.2, 0.25) is 0 Å². The van der Waals surface area contributed by atoms with E-state index in [-0.39, 0.29) is 5.91 Å². The first-order valence-electron chi connectivity index (χ1n) is 8.57. The number of carbonyl (C=O) groups excluding carboxylic acids is 1. The van der Waals surface area contributed by atoms with Crippen LogP contribution in [0.5, 0.6) is 0 Å². The number of primary amides is 1. The lowest BCUT2D eigenvalue weighted by Gasteiger charge is -2.12. The summed E-state index contributed by atoms with van der Waals surface area (Å²) in [5.41, 5.74) is 11.6. The minimum absolute atomic E-state index is 0.365. The molecule has 0 fully saturated rings. The second-order valence-corrected chi connectivity index (χ2v) is 6.95. The molecule has 25 heavy (non-hydrogen) atoms. The number of amides is 1. The Morgan fingerprint density at radius 2 is 2.16 bits per heavy atom. The van der Waals surface area contributed by atoms with Gasteiger partial charge < -0.3 is 10.3 Å². The molecule has 0 spiro atoms. The van der Waals surface area contributed by atoms with E-state index in [0.717, 1.165) is 41.8 Å². The van der Waals surface area contributed by atoms with Crippen molar-refractivity contribution in [3.8, 4) is 11.1 Å². The summed E-state index contributed by atoms with van der Waals surface area (Å²) in [4.78, 5) is 16.7. The average Bonchev–Trinajstić information content (AvgIpc) is 3.21. The van der Waals surface area contributed by atoms with Crippen molar-refractivity contribution >= 4 is 17.2 Å². The first kappa shape index (κ1) is 17.4. The maximum absolute atomic E-state index is 12.2. The van der Waals surface area contributed by atoms with E-state index >= 15 is 0 Å². The van der Waals surface area contributed by atoms with Crippen molar-refractivity contribution in [3.63, 3.8) is 0 Å². The second-order valence-electron chi connectivity index (χ2n) is 6.17. The van der Waals surface area contributed by atoms with Crippen LogP contribution in [-0.2, 0) is 13.0 Å². The fourth-order valence-corrected chi connectivity index (χ4v) is 3.94. The Labute approximate surface area is 152 Å². The summed E-state index contributed by atoms with van der Waals surface area (Å²) >= 11 is 1.63. The molecule has 130 valence electrons. The first-order valence-corrected chi connectivity index (χ1v) is 9.52. The summed E-state index contributed by atoms with van der Waals surface area (Å²) in [7, 11) is 0. The topological polar surface area (TPSA) is 60.9 Å². The Hall–Kier alpha value is -2.40. The van der Waals surface area contributed by atoms with E-state index in [1.54, 1.807) is 17.5 Å². The van der Waals surface area contributed by atoms with Crippen molar-refractivity contribution in [2.45, 2.75) is 39.7 Å². The predicted octanol–water partition coefficient (Wildman–Crippen LogP) is 4.41. The summed E-state index contributed by atoms with van der Waals surface area (Å²) in [6, 6.07) is 7.97. The summed E-state index contributed by atoms with van der Waals surface area (Å²) in [6.07, 6.45) is 4.89. The minimum atomic E-state index is -0.365. The van der Waals surface area contributed by atoms with Gasteiger partial charge in [-0.25, -0.2) is 0 Å². The Morgan fingerprint density at radius 1 is 1.32 bits per heavy atom. The summed E-state index contributed by atoms with van der Waals surface area (Å²) in [5.74, 6) is -0.365. The van der Waals surface area contributed by atoms with Gasteiger partial charge in [0.2, 0.25) is 0 Å². The number of unbranched alkanes of at least 4 members (excludes halogenated alkanes) is 1. The molecule has 1 amide bonds. The smallest absolute Gasteiger partial charge is 0.251 e. The Balaban J connectivity index is 2.18. The fourth-order valence-electron chi connectivity index (χ4n) is 3.29. The SMILES string of the molecule is CCCCc1c(-c2ccsc2)c(C(N)=O)c(C)n1Cc1ccccn1. The third kappa shape index (κ3) is 3.51. The van der Waals surface area contributed by atoms with Crippen LogP contribution in [0.15, 0.2) is 41.2 Å². The lowest BCUT2D eigenvalue weighted by atomic mass is 10.00. The highest BCUT2D eigenvalue weighted by molar-refractivity contribution is 7.08. The molecule has 3 aromatic rings. The molecule has 0 bridgehead atoms. The standard InChI is InChI=1S/C20H23N3OS/c1-3-4-8-17-19(15-9-11-25-13-15)18(20(21)24)14(2)23(17)12-16-7-5-6-10-22-16/h5-7,9-11,13H,3-4,8,12H2,1-2H3,(H2,21,24). The molecule has 3 heterocycles. The highest BCUT2D eigenvalue weighted by Crippen LogP contribution is 2.35. The van der Waals surface area contributed by atoms with Crippen LogP contribution in [0, 0.1) is 6.92 Å². The summed E-state index contributed by atoms with van der Waals surface area (Å²) in [6.45, 7) is 4.81. The minimum Gasteiger partial charge on any atom is -0.366 e. The van der Waals surface area contributed by atoms with E-state index in [9.17, 15) is 4.79 Å². The molecule has 0 aromatic carbocycles. The summed E-state index contributed by atoms with van der Waals surface area (Å²) in [5, 5.41) is 4.12. The van der Waals surface area contributed by atoms with Gasteiger partial charge in [-0.15, -0.1) is 0 Å². The number of nitrogens with two attached hydrogens (primary N) is 1. The molecule has 0 saturated carbocycles. The van der Waals surface area contributed by atoms with Gasteiger partial charge in [0.1, 0.15) is 0 Å². The molecular formula is C20H23N3OS. The Morgan fingerprint density at radius 3 is 2.76 bits per heavy atom. The van der Waals surface area contributed by atoms with Crippen LogP contribution in [0.3, 0.4) is 0 Å². The van der Waals surface area contributed by atoms with Crippen molar-refractivity contribution in [1.29, 1.82) is 0 Å². The number of hydrogen-bond donors (Lipinski definition) is 1. The molecule has 0 unspecified atom stereocenters. The van der Waals surface area contributed by atoms with Crippen LogP contribution in [0.1, 0.15) is 47.2 Å². The Bertz CT molecular complexity index is 851. The van der Waals surface area contributed by atoms with Crippen molar-refractivity contribution in [2.24, 2.45) is 5.73 Å². The van der Waals surface area contributed by atoms with Crippen molar-refractivity contribution < 1.29 is 4.79 Å². The zero-order chi connectivity index (χ0) is 17.8. The number of hydrogen-bond acceptors (Lipinski definition) is 3. The number of carbonyl (C=O) groups is 1. The van der Waals surface area contributed by atoms with E-state index < -0.39 is 0 Å². The second kappa shape index (κ2) is 7.66. The molecule has 0 atom stereocenters. The third-order valence-corrected chi connectivity index (χ3v) is 5.18. The van der Waals surface area contributed by atoms with Gasteiger partial charge in [-0.1, -0.05) is 19.4 Å². The Kier molecular flexibility index (Phi) is 5.34. The van der Waals surface area contributed by atoms with E-state index in [0.29, 0.717) is 12.1 Å². The lowest BCUT2D eigenvalue weighted by Crippen LogP contribution is -2.13. The van der Waals surface area contributed by atoms with E-state index in [4.69, 9.17) is 5.73 Å². The van der Waals surface area contributed by atoms with Gasteiger partial charge in [-0.3, -0.25) is 9.78 Å². The van der Waals surface area contributed by atoms with Crippen molar-refractivity contribution in [3.05, 3.63) is 63.9 Å². The maximum atomic E-state index is 12.2. The van der Waals surface area contributed by atoms with Crippen molar-refractivity contribution in [2.75, 3.05) is 0 Å². The van der Waals surface area contributed by atoms with E-state index in [2.05, 4.69) is 27.9 Å². The van der Waals surface area contributed by atoms with Gasteiger partial charge in [0.15, 0.2) is 0 Å². The molecule has 0 aliphatic heterocycles. The van der Waals surface area contributed by atoms with E-state index in [1.807, 2.05) is 30.5 Å². The normalized spacial score (nSPS) is 11.0. The number of nitrogens with zero attached hydrogens (tertiary/aromatic N) is 2. The molecule has 0 saturated heterocycles. The maximum Gasteiger partial charge on any atom is 0.251 e. The number of rotatable bonds is 7. The monoisotopic (exact) mass is 353 g/mol. The van der Waals surface area contributed by atoms with Crippen LogP contribution in [0.25, 0.3) is 11.1 Å². The molecule has 2 N–H and O–H groups in total. The predicted molar refractivity (Wildman–Crippen MR) is 103 cm³/mol. The van der Waals surface area contributed by atoms with Gasteiger partial charge >= 0.3 is 0 Å². The highest BCUT2D eigenvalue weighted by Gasteiger charge is 2.24. The lowest BCUT2D eigenvalue weighted by molar-refractivity contribution is 0.1000. The van der Waals surface area contributed by atoms with Crippen LogP contribution < -0.4 is 5.73 Å². The number of pyridine rings is 1. The van der Waals surface area contributed by atoms with E-state index in [1.165, 1.54) is 5.69 Å². The van der Waals surface area contributed by atoms with Crippen molar-refractivity contribution in [1.82, 2.24) is 9.55 Å². The first-order chi connectivity index (χ1) is 12.1. The molecule has 0 aliphatic rings. The summed E-state index contributed by atoms with van der Waals surface area (Å²) < 4.78 is 2.21. The van der Waals surface area contributed by atoms with Gasteiger partial charge in [-0.05, 0) is 54.3 Å². The quantitative estimate of drug-likeness (QED) is 0.684. The van der Waals surface area contributed by atoms with Gasteiger partial charge in [-0.2, -0.15) is 11.3 Å². The number of thiophene rings is 1. The molecule has 3 aromatic heterocycles. The third-order valence-electron chi connectivity index (χ3n) is 4.50. The zero-order valence-electron chi connectivity index (χ0n) is 14.7. The fraction of sp³-hybridized carbons (Fsp3) is 0.300. The average molecular weight is 353 g/mol. The van der Waals surface area contributed by atoms with Crippen LogP contribution in [-0.4, -0.2) is 15.5 Å². The largest absolute Gasteiger partial charge is 0.366 e. The molecular weight excluding hydrogens is 330 g/mol. The number of aromatic nitrogens is 2. The zero-order valence-corrected chi connectivity index (χ0v) is 15.5. The van der Waals surface area contributed by atoms with Gasteiger partial charge in [0, 0.05) is 23.1 Å². The highest BCUT2D eigenvalue weighted by atomic mass is 32.1.